The number of nitrogen functional groups attached to an aromatic ring is 1. The molecule has 2 rings (SSSR count). The summed E-state index contributed by atoms with van der Waals surface area (Å²) in [6, 6.07) is 5.43. The highest BCUT2D eigenvalue weighted by molar-refractivity contribution is 7.98. The number of rotatable bonds is 3. The molecule has 0 aliphatic carbocycles. The standard InChI is InChI=1S/C9H8ClN3OS/c10-6-2-1-3-7(11)9(6)15-4-8-12-5-14-13-8/h1-3,5H,4,11H2. The summed E-state index contributed by atoms with van der Waals surface area (Å²) in [5.41, 5.74) is 6.45. The molecule has 0 spiro atoms. The van der Waals surface area contributed by atoms with Crippen molar-refractivity contribution in [2.24, 2.45) is 0 Å². The average molecular weight is 242 g/mol. The Morgan fingerprint density at radius 1 is 1.47 bits per heavy atom. The zero-order valence-electron chi connectivity index (χ0n) is 7.68. The Balaban J connectivity index is 2.11. The molecule has 1 aromatic heterocycles. The molecule has 0 saturated heterocycles. The largest absolute Gasteiger partial charge is 0.398 e. The van der Waals surface area contributed by atoms with E-state index in [1.54, 1.807) is 6.07 Å². The normalized spacial score (nSPS) is 10.5. The summed E-state index contributed by atoms with van der Waals surface area (Å²) in [5.74, 6) is 1.21. The molecule has 2 N–H and O–H groups in total. The van der Waals surface area contributed by atoms with Crippen LogP contribution in [0.15, 0.2) is 34.0 Å². The first-order chi connectivity index (χ1) is 7.27. The predicted octanol–water partition coefficient (Wildman–Crippen LogP) is 2.60. The van der Waals surface area contributed by atoms with Gasteiger partial charge in [0.15, 0.2) is 5.82 Å². The van der Waals surface area contributed by atoms with E-state index < -0.39 is 0 Å². The van der Waals surface area contributed by atoms with E-state index in [-0.39, 0.29) is 0 Å². The van der Waals surface area contributed by atoms with Gasteiger partial charge in [0.05, 0.1) is 10.8 Å². The van der Waals surface area contributed by atoms with Crippen molar-refractivity contribution >= 4 is 29.1 Å². The fourth-order valence-electron chi connectivity index (χ4n) is 1.07. The quantitative estimate of drug-likeness (QED) is 0.661. The summed E-state index contributed by atoms with van der Waals surface area (Å²) in [7, 11) is 0. The molecule has 15 heavy (non-hydrogen) atoms. The lowest BCUT2D eigenvalue weighted by Crippen LogP contribution is -1.90. The van der Waals surface area contributed by atoms with Crippen LogP contribution in [0.2, 0.25) is 5.02 Å². The van der Waals surface area contributed by atoms with Crippen LogP contribution >= 0.6 is 23.4 Å². The third kappa shape index (κ3) is 2.43. The molecule has 0 aliphatic rings. The van der Waals surface area contributed by atoms with E-state index in [4.69, 9.17) is 17.3 Å². The van der Waals surface area contributed by atoms with Crippen molar-refractivity contribution in [2.45, 2.75) is 10.6 Å². The van der Waals surface area contributed by atoms with Crippen LogP contribution in [0.5, 0.6) is 0 Å². The molecule has 0 fully saturated rings. The van der Waals surface area contributed by atoms with Crippen LogP contribution in [0.1, 0.15) is 5.82 Å². The van der Waals surface area contributed by atoms with Gasteiger partial charge >= 0.3 is 0 Å². The number of nitrogens with two attached hydrogens (primary N) is 1. The first-order valence-electron chi connectivity index (χ1n) is 4.19. The number of aromatic nitrogens is 2. The molecular formula is C9H8ClN3OS. The van der Waals surface area contributed by atoms with Crippen LogP contribution in [0.4, 0.5) is 5.69 Å². The van der Waals surface area contributed by atoms with Crippen molar-refractivity contribution in [1.82, 2.24) is 10.1 Å². The predicted molar refractivity (Wildman–Crippen MR) is 59.7 cm³/mol. The smallest absolute Gasteiger partial charge is 0.213 e. The lowest BCUT2D eigenvalue weighted by Gasteiger charge is -2.05. The van der Waals surface area contributed by atoms with Gasteiger partial charge < -0.3 is 10.3 Å². The zero-order valence-corrected chi connectivity index (χ0v) is 9.26. The molecule has 0 atom stereocenters. The maximum Gasteiger partial charge on any atom is 0.213 e. The number of hydrogen-bond acceptors (Lipinski definition) is 5. The van der Waals surface area contributed by atoms with Crippen LogP contribution in [-0.4, -0.2) is 10.1 Å². The second kappa shape index (κ2) is 4.55. The lowest BCUT2D eigenvalue weighted by atomic mass is 10.3. The topological polar surface area (TPSA) is 64.9 Å². The summed E-state index contributed by atoms with van der Waals surface area (Å²) >= 11 is 7.49. The Kier molecular flexibility index (Phi) is 3.13. The van der Waals surface area contributed by atoms with Crippen LogP contribution in [0.3, 0.4) is 0 Å². The molecule has 0 saturated carbocycles. The van der Waals surface area contributed by atoms with Crippen LogP contribution in [0.25, 0.3) is 0 Å². The highest BCUT2D eigenvalue weighted by Crippen LogP contribution is 2.33. The van der Waals surface area contributed by atoms with Gasteiger partial charge in [-0.2, -0.15) is 4.98 Å². The minimum Gasteiger partial charge on any atom is -0.398 e. The van der Waals surface area contributed by atoms with Crippen molar-refractivity contribution in [3.8, 4) is 0 Å². The molecule has 0 aliphatic heterocycles. The molecule has 1 aromatic carbocycles. The van der Waals surface area contributed by atoms with Crippen molar-refractivity contribution in [3.63, 3.8) is 0 Å². The number of hydrogen-bond donors (Lipinski definition) is 1. The van der Waals surface area contributed by atoms with E-state index >= 15 is 0 Å². The van der Waals surface area contributed by atoms with Gasteiger partial charge in [-0.15, -0.1) is 11.8 Å². The van der Waals surface area contributed by atoms with Gasteiger partial charge in [-0.3, -0.25) is 0 Å². The van der Waals surface area contributed by atoms with Crippen LogP contribution in [-0.2, 0) is 5.75 Å². The van der Waals surface area contributed by atoms with Gasteiger partial charge in [0.25, 0.3) is 0 Å². The minimum absolute atomic E-state index is 0.588. The van der Waals surface area contributed by atoms with Gasteiger partial charge in [0.2, 0.25) is 6.39 Å². The Labute approximate surface area is 95.8 Å². The summed E-state index contributed by atoms with van der Waals surface area (Å²) < 4.78 is 4.62. The number of halogens is 1. The second-order valence-electron chi connectivity index (χ2n) is 2.79. The highest BCUT2D eigenvalue weighted by Gasteiger charge is 2.07. The third-order valence-corrected chi connectivity index (χ3v) is 3.32. The van der Waals surface area contributed by atoms with Crippen molar-refractivity contribution in [1.29, 1.82) is 0 Å². The second-order valence-corrected chi connectivity index (χ2v) is 4.19. The van der Waals surface area contributed by atoms with Crippen molar-refractivity contribution < 1.29 is 4.52 Å². The zero-order chi connectivity index (χ0) is 10.7. The van der Waals surface area contributed by atoms with E-state index in [0.29, 0.717) is 22.3 Å². The fourth-order valence-corrected chi connectivity index (χ4v) is 2.26. The van der Waals surface area contributed by atoms with E-state index in [1.807, 2.05) is 12.1 Å². The molecule has 4 nitrogen and oxygen atoms in total. The highest BCUT2D eigenvalue weighted by atomic mass is 35.5. The molecule has 0 radical (unpaired) electrons. The Morgan fingerprint density at radius 2 is 2.33 bits per heavy atom. The van der Waals surface area contributed by atoms with Crippen molar-refractivity contribution in [3.05, 3.63) is 35.4 Å². The molecule has 1 heterocycles. The summed E-state index contributed by atoms with van der Waals surface area (Å²) in [6.07, 6.45) is 1.30. The van der Waals surface area contributed by atoms with Gasteiger partial charge in [-0.05, 0) is 12.1 Å². The Hall–Kier alpha value is -1.20. The molecule has 0 unspecified atom stereocenters. The fraction of sp³-hybridized carbons (Fsp3) is 0.111. The molecule has 6 heteroatoms. The lowest BCUT2D eigenvalue weighted by molar-refractivity contribution is 0.412. The van der Waals surface area contributed by atoms with Gasteiger partial charge in [0.1, 0.15) is 0 Å². The molecule has 2 aromatic rings. The average Bonchev–Trinajstić information content (AvgIpc) is 2.70. The number of anilines is 1. The maximum atomic E-state index is 6.00. The van der Waals surface area contributed by atoms with Gasteiger partial charge in [-0.25, -0.2) is 0 Å². The molecule has 0 amide bonds. The maximum absolute atomic E-state index is 6.00. The SMILES string of the molecule is Nc1cccc(Cl)c1SCc1ncon1. The van der Waals surface area contributed by atoms with Gasteiger partial charge in [0, 0.05) is 10.6 Å². The first-order valence-corrected chi connectivity index (χ1v) is 5.56. The van der Waals surface area contributed by atoms with Crippen molar-refractivity contribution in [2.75, 3.05) is 5.73 Å². The first kappa shape index (κ1) is 10.3. The van der Waals surface area contributed by atoms with E-state index in [2.05, 4.69) is 14.7 Å². The van der Waals surface area contributed by atoms with Crippen LogP contribution in [0, 0.1) is 0 Å². The molecule has 78 valence electrons. The van der Waals surface area contributed by atoms with E-state index in [1.165, 1.54) is 18.2 Å². The van der Waals surface area contributed by atoms with E-state index in [9.17, 15) is 0 Å². The molecule has 0 bridgehead atoms. The monoisotopic (exact) mass is 241 g/mol. The summed E-state index contributed by atoms with van der Waals surface area (Å²) in [6.45, 7) is 0. The Morgan fingerprint density at radius 3 is 3.00 bits per heavy atom. The third-order valence-electron chi connectivity index (χ3n) is 1.75. The Bertz CT molecular complexity index is 426. The minimum atomic E-state index is 0.588. The molecular weight excluding hydrogens is 234 g/mol. The number of thioether (sulfide) groups is 1. The summed E-state index contributed by atoms with van der Waals surface area (Å²) in [5, 5.41) is 4.34. The number of nitrogens with zero attached hydrogens (tertiary/aromatic N) is 2. The van der Waals surface area contributed by atoms with Gasteiger partial charge in [-0.1, -0.05) is 22.8 Å². The summed E-state index contributed by atoms with van der Waals surface area (Å²) in [4.78, 5) is 4.76. The number of benzene rings is 1. The van der Waals surface area contributed by atoms with E-state index in [0.717, 1.165) is 4.90 Å². The van der Waals surface area contributed by atoms with Crippen LogP contribution < -0.4 is 5.73 Å².